The van der Waals surface area contributed by atoms with Crippen LogP contribution in [0.25, 0.3) is 11.0 Å². The highest BCUT2D eigenvalue weighted by atomic mass is 32.2. The van der Waals surface area contributed by atoms with Crippen molar-refractivity contribution in [3.05, 3.63) is 46.6 Å². The van der Waals surface area contributed by atoms with E-state index < -0.39 is 32.1 Å². The number of rotatable bonds is 5. The highest BCUT2D eigenvalue weighted by Gasteiger charge is 2.48. The predicted octanol–water partition coefficient (Wildman–Crippen LogP) is 2.51. The van der Waals surface area contributed by atoms with Crippen LogP contribution in [0.15, 0.2) is 45.6 Å². The Morgan fingerprint density at radius 1 is 1.30 bits per heavy atom. The average molecular weight is 401 g/mol. The number of benzene rings is 1. The summed E-state index contributed by atoms with van der Waals surface area (Å²) in [7, 11) is -5.38. The van der Waals surface area contributed by atoms with Gasteiger partial charge in [-0.05, 0) is 19.1 Å². The van der Waals surface area contributed by atoms with Gasteiger partial charge in [-0.3, -0.25) is 4.79 Å². The van der Waals surface area contributed by atoms with Gasteiger partial charge in [-0.25, -0.2) is 0 Å². The number of ether oxygens (including phenoxy) is 1. The van der Waals surface area contributed by atoms with Crippen LogP contribution in [-0.2, 0) is 14.9 Å². The molecule has 1 aliphatic heterocycles. The smallest absolute Gasteiger partial charge is 0.401 e. The summed E-state index contributed by atoms with van der Waals surface area (Å²) in [6.45, 7) is 5.64. The molecule has 1 saturated heterocycles. The minimum absolute atomic E-state index is 0.0124. The Morgan fingerprint density at radius 2 is 1.96 bits per heavy atom. The van der Waals surface area contributed by atoms with E-state index in [0.29, 0.717) is 26.3 Å². The summed E-state index contributed by atoms with van der Waals surface area (Å²) < 4.78 is 67.4. The summed E-state index contributed by atoms with van der Waals surface area (Å²) in [5.41, 5.74) is -1.57. The van der Waals surface area contributed by atoms with E-state index in [1.807, 2.05) is 0 Å². The molecular weight excluding hydrogens is 384 g/mol. The molecule has 0 aliphatic carbocycles. The average Bonchev–Trinajstić information content (AvgIpc) is 2.62. The third-order valence-corrected chi connectivity index (χ3v) is 5.41. The molecule has 0 unspecified atom stereocenters. The summed E-state index contributed by atoms with van der Waals surface area (Å²) in [4.78, 5) is 14.1. The first-order valence-electron chi connectivity index (χ1n) is 8.01. The maximum Gasteiger partial charge on any atom is 0.401 e. The molecule has 3 rings (SSSR count). The van der Waals surface area contributed by atoms with Crippen LogP contribution >= 0.6 is 0 Å². The molecule has 27 heavy (non-hydrogen) atoms. The van der Waals surface area contributed by atoms with E-state index in [2.05, 4.69) is 10.8 Å². The van der Waals surface area contributed by atoms with Gasteiger partial charge in [-0.2, -0.15) is 17.2 Å². The van der Waals surface area contributed by atoms with Crippen molar-refractivity contribution < 1.29 is 30.5 Å². The van der Waals surface area contributed by atoms with Crippen LogP contribution in [-0.4, -0.2) is 40.0 Å². The van der Waals surface area contributed by atoms with E-state index in [9.17, 15) is 22.0 Å². The van der Waals surface area contributed by atoms with Crippen molar-refractivity contribution in [3.8, 4) is 5.75 Å². The predicted molar refractivity (Wildman–Crippen MR) is 94.8 cm³/mol. The van der Waals surface area contributed by atoms with Crippen LogP contribution in [0.2, 0.25) is 0 Å². The second-order valence-electron chi connectivity index (χ2n) is 6.02. The van der Waals surface area contributed by atoms with E-state index >= 15 is 0 Å². The molecule has 0 N–H and O–H groups in total. The first-order chi connectivity index (χ1) is 12.6. The molecule has 10 heteroatoms. The second-order valence-corrected chi connectivity index (χ2v) is 7.60. The maximum absolute atomic E-state index is 13.9. The Kier molecular flexibility index (Phi) is 4.96. The first kappa shape index (κ1) is 19.3. The third kappa shape index (κ3) is 3.54. The SMILES string of the molecule is C=C(C)C(F)(F)S(=O)(=O)Oc1cccc2c(=O)cc(N3CCOCC3)oc12. The van der Waals surface area contributed by atoms with Gasteiger partial charge in [-0.1, -0.05) is 12.6 Å². The lowest BCUT2D eigenvalue weighted by molar-refractivity contribution is 0.120. The Bertz CT molecular complexity index is 1040. The third-order valence-electron chi connectivity index (χ3n) is 4.04. The molecular formula is C17H17F2NO6S. The zero-order chi connectivity index (χ0) is 19.8. The zero-order valence-electron chi connectivity index (χ0n) is 14.4. The highest BCUT2D eigenvalue weighted by molar-refractivity contribution is 7.88. The van der Waals surface area contributed by atoms with E-state index in [0.717, 1.165) is 13.0 Å². The van der Waals surface area contributed by atoms with Crippen molar-refractivity contribution in [1.29, 1.82) is 0 Å². The number of alkyl halides is 2. The highest BCUT2D eigenvalue weighted by Crippen LogP contribution is 2.35. The molecule has 7 nitrogen and oxygen atoms in total. The number of hydrogen-bond acceptors (Lipinski definition) is 7. The van der Waals surface area contributed by atoms with Gasteiger partial charge in [0, 0.05) is 24.7 Å². The quantitative estimate of drug-likeness (QED) is 0.562. The Morgan fingerprint density at radius 3 is 2.59 bits per heavy atom. The standard InChI is InChI=1S/C17H17F2NO6S/c1-11(2)17(18,19)27(22,23)26-14-5-3-4-12-13(21)10-15(25-16(12)14)20-6-8-24-9-7-20/h3-5,10H,1,6-9H2,2H3. The summed E-state index contributed by atoms with van der Waals surface area (Å²) in [6, 6.07) is 5.10. The van der Waals surface area contributed by atoms with Gasteiger partial charge < -0.3 is 18.2 Å². The van der Waals surface area contributed by atoms with Crippen LogP contribution in [0, 0.1) is 0 Å². The van der Waals surface area contributed by atoms with Gasteiger partial charge in [0.05, 0.1) is 18.6 Å². The van der Waals surface area contributed by atoms with Crippen molar-refractivity contribution in [2.75, 3.05) is 31.2 Å². The topological polar surface area (TPSA) is 86.1 Å². The molecule has 0 spiro atoms. The van der Waals surface area contributed by atoms with Crippen molar-refractivity contribution in [2.45, 2.75) is 12.2 Å². The molecule has 1 aliphatic rings. The minimum atomic E-state index is -5.38. The van der Waals surface area contributed by atoms with Crippen LogP contribution in [0.1, 0.15) is 6.92 Å². The Labute approximate surface area is 153 Å². The first-order valence-corrected chi connectivity index (χ1v) is 9.42. The van der Waals surface area contributed by atoms with Crippen LogP contribution in [0.5, 0.6) is 5.75 Å². The fourth-order valence-electron chi connectivity index (χ4n) is 2.53. The van der Waals surface area contributed by atoms with Gasteiger partial charge in [-0.15, -0.1) is 0 Å². The van der Waals surface area contributed by atoms with E-state index in [-0.39, 0.29) is 16.9 Å². The van der Waals surface area contributed by atoms with Gasteiger partial charge >= 0.3 is 15.4 Å². The van der Waals surface area contributed by atoms with Crippen molar-refractivity contribution in [2.24, 2.45) is 0 Å². The summed E-state index contributed by atoms with van der Waals surface area (Å²) in [5, 5.41) is -4.28. The van der Waals surface area contributed by atoms with Gasteiger partial charge in [0.25, 0.3) is 0 Å². The number of anilines is 1. The molecule has 0 saturated carbocycles. The van der Waals surface area contributed by atoms with Crippen molar-refractivity contribution in [3.63, 3.8) is 0 Å². The normalized spacial score (nSPS) is 15.7. The monoisotopic (exact) mass is 401 g/mol. The number of hydrogen-bond donors (Lipinski definition) is 0. The number of morpholine rings is 1. The van der Waals surface area contributed by atoms with E-state index in [4.69, 9.17) is 9.15 Å². The summed E-state index contributed by atoms with van der Waals surface area (Å²) >= 11 is 0. The van der Waals surface area contributed by atoms with E-state index in [1.165, 1.54) is 18.2 Å². The molecule has 2 aromatic rings. The second kappa shape index (κ2) is 6.93. The van der Waals surface area contributed by atoms with Crippen LogP contribution < -0.4 is 14.5 Å². The number of fused-ring (bicyclic) bond motifs is 1. The lowest BCUT2D eigenvalue weighted by Gasteiger charge is -2.27. The molecule has 1 aromatic heterocycles. The molecule has 1 fully saturated rings. The van der Waals surface area contributed by atoms with Gasteiger partial charge in [0.2, 0.25) is 0 Å². The Balaban J connectivity index is 2.10. The molecule has 1 aromatic carbocycles. The van der Waals surface area contributed by atoms with Crippen LogP contribution in [0.3, 0.4) is 0 Å². The van der Waals surface area contributed by atoms with E-state index in [1.54, 1.807) is 4.90 Å². The molecule has 0 amide bonds. The Hall–Kier alpha value is -2.46. The molecule has 2 heterocycles. The fraction of sp³-hybridized carbons (Fsp3) is 0.353. The summed E-state index contributed by atoms with van der Waals surface area (Å²) in [5.74, 6) is -0.323. The van der Waals surface area contributed by atoms with Crippen molar-refractivity contribution >= 4 is 27.0 Å². The lowest BCUT2D eigenvalue weighted by atomic mass is 10.2. The zero-order valence-corrected chi connectivity index (χ0v) is 15.2. The van der Waals surface area contributed by atoms with Gasteiger partial charge in [0.15, 0.2) is 22.6 Å². The maximum atomic E-state index is 13.9. The molecule has 146 valence electrons. The van der Waals surface area contributed by atoms with Gasteiger partial charge in [0.1, 0.15) is 0 Å². The van der Waals surface area contributed by atoms with Crippen molar-refractivity contribution in [1.82, 2.24) is 0 Å². The lowest BCUT2D eigenvalue weighted by Crippen LogP contribution is -2.36. The largest absolute Gasteiger partial charge is 0.436 e. The molecule has 0 radical (unpaired) electrons. The number of halogens is 2. The minimum Gasteiger partial charge on any atom is -0.436 e. The number of para-hydroxylation sites is 1. The fourth-order valence-corrected chi connectivity index (χ4v) is 3.43. The molecule has 0 atom stereocenters. The van der Waals surface area contributed by atoms with Crippen LogP contribution in [0.4, 0.5) is 14.7 Å². The summed E-state index contributed by atoms with van der Waals surface area (Å²) in [6.07, 6.45) is 0. The number of nitrogens with zero attached hydrogens (tertiary/aromatic N) is 1. The molecule has 0 bridgehead atoms.